The van der Waals surface area contributed by atoms with Gasteiger partial charge in [0, 0.05) is 40.4 Å². The van der Waals surface area contributed by atoms with Gasteiger partial charge in [0.15, 0.2) is 0 Å². The Bertz CT molecular complexity index is 1190. The number of nitriles is 1. The van der Waals surface area contributed by atoms with Crippen LogP contribution in [0.1, 0.15) is 11.3 Å². The molecule has 2 aromatic carbocycles. The van der Waals surface area contributed by atoms with E-state index in [1.54, 1.807) is 0 Å². The molecule has 1 aliphatic heterocycles. The summed E-state index contributed by atoms with van der Waals surface area (Å²) in [6.07, 6.45) is 6.25. The van der Waals surface area contributed by atoms with Gasteiger partial charge in [-0.15, -0.1) is 0 Å². The second kappa shape index (κ2) is 5.22. The third kappa shape index (κ3) is 2.10. The zero-order valence-electron chi connectivity index (χ0n) is 13.4. The number of nitrogens with zero attached hydrogens (tertiary/aromatic N) is 4. The van der Waals surface area contributed by atoms with Gasteiger partial charge in [0.25, 0.3) is 0 Å². The van der Waals surface area contributed by atoms with Gasteiger partial charge in [0.2, 0.25) is 0 Å². The molecular weight excluding hydrogens is 308 g/mol. The first-order chi connectivity index (χ1) is 12.3. The highest BCUT2D eigenvalue weighted by molar-refractivity contribution is 5.88. The van der Waals surface area contributed by atoms with E-state index in [0.29, 0.717) is 5.56 Å². The quantitative estimate of drug-likeness (QED) is 0.518. The van der Waals surface area contributed by atoms with E-state index in [2.05, 4.69) is 52.2 Å². The van der Waals surface area contributed by atoms with E-state index in [1.165, 1.54) is 16.5 Å². The Morgan fingerprint density at radius 3 is 2.72 bits per heavy atom. The summed E-state index contributed by atoms with van der Waals surface area (Å²) in [6, 6.07) is 20.4. The lowest BCUT2D eigenvalue weighted by atomic mass is 10.1. The van der Waals surface area contributed by atoms with Crippen LogP contribution in [-0.2, 0) is 6.54 Å². The first kappa shape index (κ1) is 13.8. The monoisotopic (exact) mass is 322 g/mol. The van der Waals surface area contributed by atoms with Crippen LogP contribution in [0.15, 0.2) is 67.0 Å². The van der Waals surface area contributed by atoms with Gasteiger partial charge in [-0.05, 0) is 18.2 Å². The lowest BCUT2D eigenvalue weighted by Crippen LogP contribution is -2.22. The second-order valence-corrected chi connectivity index (χ2v) is 6.15. The van der Waals surface area contributed by atoms with Gasteiger partial charge in [-0.2, -0.15) is 5.26 Å². The number of fused-ring (bicyclic) bond motifs is 4. The summed E-state index contributed by atoms with van der Waals surface area (Å²) in [6.45, 7) is 0.747. The van der Waals surface area contributed by atoms with Crippen molar-refractivity contribution >= 4 is 33.7 Å². The van der Waals surface area contributed by atoms with Gasteiger partial charge in [0.1, 0.15) is 11.9 Å². The minimum Gasteiger partial charge on any atom is -0.326 e. The summed E-state index contributed by atoms with van der Waals surface area (Å²) in [5.74, 6) is 0.850. The SMILES string of the molecule is N#Cc1cccc2ccc(N3C=Cn4cc5ccccc5c4C3)nc12. The minimum absolute atomic E-state index is 0.606. The Morgan fingerprint density at radius 2 is 1.80 bits per heavy atom. The molecule has 0 amide bonds. The normalized spacial score (nSPS) is 13.2. The van der Waals surface area contributed by atoms with Crippen LogP contribution in [0.5, 0.6) is 0 Å². The number of pyridine rings is 1. The number of anilines is 1. The van der Waals surface area contributed by atoms with Crippen molar-refractivity contribution in [3.8, 4) is 6.07 Å². The van der Waals surface area contributed by atoms with E-state index < -0.39 is 0 Å². The largest absolute Gasteiger partial charge is 0.326 e. The number of para-hydroxylation sites is 1. The Morgan fingerprint density at radius 1 is 0.920 bits per heavy atom. The number of hydrogen-bond donors (Lipinski definition) is 0. The van der Waals surface area contributed by atoms with E-state index in [1.807, 2.05) is 36.5 Å². The minimum atomic E-state index is 0.606. The van der Waals surface area contributed by atoms with Crippen LogP contribution in [-0.4, -0.2) is 9.55 Å². The smallest absolute Gasteiger partial charge is 0.133 e. The van der Waals surface area contributed by atoms with Gasteiger partial charge in [0.05, 0.1) is 17.6 Å². The molecule has 118 valence electrons. The fraction of sp³-hybridized carbons (Fsp3) is 0.0476. The van der Waals surface area contributed by atoms with Crippen LogP contribution in [0.3, 0.4) is 0 Å². The molecule has 1 aliphatic rings. The highest BCUT2D eigenvalue weighted by Crippen LogP contribution is 2.29. The highest BCUT2D eigenvalue weighted by atomic mass is 15.2. The molecule has 4 nitrogen and oxygen atoms in total. The number of rotatable bonds is 1. The first-order valence-electron chi connectivity index (χ1n) is 8.17. The summed E-state index contributed by atoms with van der Waals surface area (Å²) in [4.78, 5) is 6.87. The molecule has 3 heterocycles. The molecule has 0 bridgehead atoms. The van der Waals surface area contributed by atoms with Crippen LogP contribution < -0.4 is 4.90 Å². The Labute approximate surface area is 144 Å². The van der Waals surface area contributed by atoms with Gasteiger partial charge in [-0.25, -0.2) is 4.98 Å². The van der Waals surface area contributed by atoms with E-state index in [-0.39, 0.29) is 0 Å². The molecule has 0 saturated heterocycles. The Balaban J connectivity index is 1.61. The molecule has 0 atom stereocenters. The maximum absolute atomic E-state index is 9.34. The molecule has 25 heavy (non-hydrogen) atoms. The van der Waals surface area contributed by atoms with Crippen LogP contribution >= 0.6 is 0 Å². The second-order valence-electron chi connectivity index (χ2n) is 6.15. The molecule has 0 spiro atoms. The topological polar surface area (TPSA) is 44.9 Å². The van der Waals surface area contributed by atoms with Crippen molar-refractivity contribution in [2.75, 3.05) is 4.90 Å². The molecule has 0 saturated carbocycles. The lowest BCUT2D eigenvalue weighted by Gasteiger charge is -2.24. The average Bonchev–Trinajstić information content (AvgIpc) is 3.05. The molecule has 0 N–H and O–H groups in total. The van der Waals surface area contributed by atoms with Crippen molar-refractivity contribution in [1.82, 2.24) is 9.55 Å². The lowest BCUT2D eigenvalue weighted by molar-refractivity contribution is 0.857. The van der Waals surface area contributed by atoms with E-state index in [9.17, 15) is 5.26 Å². The molecule has 5 rings (SSSR count). The van der Waals surface area contributed by atoms with Crippen molar-refractivity contribution in [3.63, 3.8) is 0 Å². The molecule has 4 aromatic rings. The number of aromatic nitrogens is 2. The van der Waals surface area contributed by atoms with Crippen molar-refractivity contribution in [3.05, 3.63) is 78.3 Å². The van der Waals surface area contributed by atoms with Gasteiger partial charge in [-0.1, -0.05) is 36.4 Å². The fourth-order valence-corrected chi connectivity index (χ4v) is 3.45. The fourth-order valence-electron chi connectivity index (χ4n) is 3.45. The predicted molar refractivity (Wildman–Crippen MR) is 99.9 cm³/mol. The molecule has 0 aliphatic carbocycles. The summed E-state index contributed by atoms with van der Waals surface area (Å²) in [5.41, 5.74) is 2.60. The number of hydrogen-bond acceptors (Lipinski definition) is 3. The van der Waals surface area contributed by atoms with E-state index in [0.717, 1.165) is 23.3 Å². The van der Waals surface area contributed by atoms with Gasteiger partial charge < -0.3 is 9.47 Å². The summed E-state index contributed by atoms with van der Waals surface area (Å²) in [7, 11) is 0. The van der Waals surface area contributed by atoms with Gasteiger partial charge in [-0.3, -0.25) is 0 Å². The zero-order valence-corrected chi connectivity index (χ0v) is 13.4. The van der Waals surface area contributed by atoms with Crippen molar-refractivity contribution < 1.29 is 0 Å². The van der Waals surface area contributed by atoms with Crippen molar-refractivity contribution in [1.29, 1.82) is 5.26 Å². The molecule has 2 aromatic heterocycles. The van der Waals surface area contributed by atoms with Crippen LogP contribution in [0.4, 0.5) is 5.82 Å². The number of benzene rings is 2. The summed E-state index contributed by atoms with van der Waals surface area (Å²) >= 11 is 0. The predicted octanol–water partition coefficient (Wildman–Crippen LogP) is 4.51. The van der Waals surface area contributed by atoms with Crippen LogP contribution in [0.2, 0.25) is 0 Å². The highest BCUT2D eigenvalue weighted by Gasteiger charge is 2.17. The standard InChI is InChI=1S/C21H14N4/c22-12-16-6-3-5-15-8-9-20(23-21(15)16)25-11-10-24-13-17-4-1-2-7-18(17)19(24)14-25/h1-11,13H,14H2. The third-order valence-electron chi connectivity index (χ3n) is 4.71. The van der Waals surface area contributed by atoms with Crippen LogP contribution in [0.25, 0.3) is 27.9 Å². The molecule has 0 unspecified atom stereocenters. The Kier molecular flexibility index (Phi) is 2.88. The Hall–Kier alpha value is -3.58. The van der Waals surface area contributed by atoms with Crippen LogP contribution in [0, 0.1) is 11.3 Å². The first-order valence-corrected chi connectivity index (χ1v) is 8.17. The molecule has 0 radical (unpaired) electrons. The van der Waals surface area contributed by atoms with Gasteiger partial charge >= 0.3 is 0 Å². The van der Waals surface area contributed by atoms with E-state index in [4.69, 9.17) is 4.98 Å². The average molecular weight is 322 g/mol. The molecule has 4 heteroatoms. The van der Waals surface area contributed by atoms with E-state index >= 15 is 0 Å². The maximum atomic E-state index is 9.34. The zero-order chi connectivity index (χ0) is 16.8. The maximum Gasteiger partial charge on any atom is 0.133 e. The summed E-state index contributed by atoms with van der Waals surface area (Å²) < 4.78 is 2.17. The van der Waals surface area contributed by atoms with Crippen molar-refractivity contribution in [2.24, 2.45) is 0 Å². The molecular formula is C21H14N4. The van der Waals surface area contributed by atoms with Crippen molar-refractivity contribution in [2.45, 2.75) is 6.54 Å². The summed E-state index contributed by atoms with van der Waals surface area (Å²) in [5, 5.41) is 12.8. The third-order valence-corrected chi connectivity index (χ3v) is 4.71. The molecule has 0 fully saturated rings.